The minimum Gasteiger partial charge on any atom is -0.478 e. The number of nitrogens with one attached hydrogen (secondary N) is 2. The molecule has 0 saturated heterocycles. The van der Waals surface area contributed by atoms with E-state index in [1.807, 2.05) is 0 Å². The van der Waals surface area contributed by atoms with Gasteiger partial charge in [-0.1, -0.05) is 0 Å². The highest BCUT2D eigenvalue weighted by atomic mass is 32.2. The number of anilines is 2. The molecule has 0 fully saturated rings. The van der Waals surface area contributed by atoms with Crippen LogP contribution in [0.25, 0.3) is 11.3 Å². The summed E-state index contributed by atoms with van der Waals surface area (Å²) in [6.07, 6.45) is 1.01. The molecule has 1 heterocycles. The number of nitrogens with zero attached hydrogens (tertiary/aromatic N) is 1. The highest BCUT2D eigenvalue weighted by Crippen LogP contribution is 2.26. The minimum absolute atomic E-state index is 0.0642. The number of hydrogen-bond acceptors (Lipinski definition) is 6. The fourth-order valence-corrected chi connectivity index (χ4v) is 3.89. The highest BCUT2D eigenvalue weighted by Gasteiger charge is 2.10. The number of rotatable bonds is 8. The van der Waals surface area contributed by atoms with Crippen LogP contribution in [0, 0.1) is 5.82 Å². The molecule has 7 nitrogen and oxygen atoms in total. The molecule has 32 heavy (non-hydrogen) atoms. The third kappa shape index (κ3) is 6.76. The van der Waals surface area contributed by atoms with Crippen molar-refractivity contribution >= 4 is 51.7 Å². The van der Waals surface area contributed by atoms with Gasteiger partial charge in [-0.05, 0) is 55.5 Å². The van der Waals surface area contributed by atoms with Crippen LogP contribution in [0.15, 0.2) is 70.5 Å². The van der Waals surface area contributed by atoms with Crippen molar-refractivity contribution in [2.75, 3.05) is 16.4 Å². The quantitative estimate of drug-likeness (QED) is 0.326. The Morgan fingerprint density at radius 3 is 2.44 bits per heavy atom. The lowest BCUT2D eigenvalue weighted by Gasteiger charge is -2.05. The van der Waals surface area contributed by atoms with Gasteiger partial charge in [0.25, 0.3) is 0 Å². The number of hydrogen-bond donors (Lipinski definition) is 3. The lowest BCUT2D eigenvalue weighted by molar-refractivity contribution is -0.132. The van der Waals surface area contributed by atoms with Crippen LogP contribution < -0.4 is 10.6 Å². The first-order valence-electron chi connectivity index (χ1n) is 9.27. The molecule has 0 spiro atoms. The highest BCUT2D eigenvalue weighted by molar-refractivity contribution is 8.00. The molecule has 0 aliphatic heterocycles. The normalized spacial score (nSPS) is 11.1. The van der Waals surface area contributed by atoms with E-state index >= 15 is 0 Å². The first-order valence-corrected chi connectivity index (χ1v) is 11.1. The Morgan fingerprint density at radius 1 is 1.09 bits per heavy atom. The number of carbonyl (C=O) groups excluding carboxylic acids is 2. The van der Waals surface area contributed by atoms with Gasteiger partial charge in [0.05, 0.1) is 11.4 Å². The molecule has 0 atom stereocenters. The van der Waals surface area contributed by atoms with E-state index in [4.69, 9.17) is 5.11 Å². The predicted octanol–water partition coefficient (Wildman–Crippen LogP) is 4.65. The molecule has 0 aliphatic carbocycles. The Kier molecular flexibility index (Phi) is 7.74. The number of halogens is 1. The van der Waals surface area contributed by atoms with Gasteiger partial charge in [-0.3, -0.25) is 9.59 Å². The van der Waals surface area contributed by atoms with Gasteiger partial charge in [-0.2, -0.15) is 0 Å². The van der Waals surface area contributed by atoms with Gasteiger partial charge in [0.1, 0.15) is 5.82 Å². The molecule has 2 aromatic carbocycles. The maximum atomic E-state index is 13.0. The van der Waals surface area contributed by atoms with Gasteiger partial charge < -0.3 is 15.7 Å². The molecule has 164 valence electrons. The zero-order valence-corrected chi connectivity index (χ0v) is 18.4. The molecule has 0 bridgehead atoms. The summed E-state index contributed by atoms with van der Waals surface area (Å²) in [5.74, 6) is -2.07. The van der Waals surface area contributed by atoms with Crippen LogP contribution in [0.5, 0.6) is 0 Å². The number of thiazole rings is 1. The molecule has 0 saturated carbocycles. The second kappa shape index (κ2) is 10.7. The van der Waals surface area contributed by atoms with Crippen LogP contribution in [0.3, 0.4) is 0 Å². The standard InChI is InChI=1S/C22H18FN3O4S2/c1-13(21(29)30)10-19(27)24-16-6-8-17(9-7-16)31-12-20(28)26-22-25-18(11-32-22)14-2-4-15(23)5-3-14/h2-11H,12H2,1H3,(H,24,27)(H,29,30)(H,25,26,28)/b13-10+. The SMILES string of the molecule is C/C(=C\C(=O)Nc1ccc(SCC(=O)Nc2nc(-c3ccc(F)cc3)cs2)cc1)C(=O)O. The first kappa shape index (κ1) is 23.2. The Balaban J connectivity index is 1.49. The topological polar surface area (TPSA) is 108 Å². The summed E-state index contributed by atoms with van der Waals surface area (Å²) < 4.78 is 13.0. The van der Waals surface area contributed by atoms with Gasteiger partial charge in [0.15, 0.2) is 5.13 Å². The number of aromatic nitrogens is 1. The summed E-state index contributed by atoms with van der Waals surface area (Å²) in [5.41, 5.74) is 1.86. The molecule has 0 aliphatic rings. The van der Waals surface area contributed by atoms with Gasteiger partial charge in [-0.25, -0.2) is 14.2 Å². The largest absolute Gasteiger partial charge is 0.478 e. The Bertz CT molecular complexity index is 1160. The van der Waals surface area contributed by atoms with Crippen molar-refractivity contribution < 1.29 is 23.9 Å². The number of benzene rings is 2. The number of carboxylic acid groups (broad SMARTS) is 1. The summed E-state index contributed by atoms with van der Waals surface area (Å²) in [6.45, 7) is 1.34. The number of carbonyl (C=O) groups is 3. The third-order valence-electron chi connectivity index (χ3n) is 4.07. The van der Waals surface area contributed by atoms with Crippen molar-refractivity contribution in [1.82, 2.24) is 4.98 Å². The summed E-state index contributed by atoms with van der Waals surface area (Å²) in [4.78, 5) is 39.9. The average Bonchev–Trinajstić information content (AvgIpc) is 3.22. The average molecular weight is 472 g/mol. The third-order valence-corrected chi connectivity index (χ3v) is 5.84. The number of carboxylic acids is 1. The zero-order chi connectivity index (χ0) is 23.1. The van der Waals surface area contributed by atoms with E-state index in [1.165, 1.54) is 42.2 Å². The number of thioether (sulfide) groups is 1. The van der Waals surface area contributed by atoms with Crippen LogP contribution in [0.2, 0.25) is 0 Å². The lowest BCUT2D eigenvalue weighted by atomic mass is 10.2. The van der Waals surface area contributed by atoms with E-state index in [0.717, 1.165) is 16.5 Å². The van der Waals surface area contributed by atoms with Crippen molar-refractivity contribution in [3.8, 4) is 11.3 Å². The molecule has 2 amide bonds. The van der Waals surface area contributed by atoms with Crippen LogP contribution in [0.4, 0.5) is 15.2 Å². The number of aliphatic carboxylic acids is 1. The molecule has 3 aromatic rings. The molecule has 0 radical (unpaired) electrons. The van der Waals surface area contributed by atoms with Gasteiger partial charge in [0.2, 0.25) is 11.8 Å². The summed E-state index contributed by atoms with van der Waals surface area (Å²) in [7, 11) is 0. The van der Waals surface area contributed by atoms with E-state index in [9.17, 15) is 18.8 Å². The molecule has 0 unspecified atom stereocenters. The van der Waals surface area contributed by atoms with Crippen molar-refractivity contribution in [3.63, 3.8) is 0 Å². The van der Waals surface area contributed by atoms with Crippen LogP contribution >= 0.6 is 23.1 Å². The predicted molar refractivity (Wildman–Crippen MR) is 123 cm³/mol. The second-order valence-electron chi connectivity index (χ2n) is 6.53. The summed E-state index contributed by atoms with van der Waals surface area (Å²) >= 11 is 2.60. The van der Waals surface area contributed by atoms with E-state index in [-0.39, 0.29) is 23.1 Å². The zero-order valence-electron chi connectivity index (χ0n) is 16.8. The Labute approximate surface area is 191 Å². The molecule has 3 N–H and O–H groups in total. The van der Waals surface area contributed by atoms with Crippen molar-refractivity contribution in [1.29, 1.82) is 0 Å². The maximum absolute atomic E-state index is 13.0. The Morgan fingerprint density at radius 2 is 1.78 bits per heavy atom. The van der Waals surface area contributed by atoms with E-state index in [0.29, 0.717) is 16.5 Å². The fourth-order valence-electron chi connectivity index (χ4n) is 2.46. The van der Waals surface area contributed by atoms with E-state index < -0.39 is 11.9 Å². The van der Waals surface area contributed by atoms with E-state index in [2.05, 4.69) is 15.6 Å². The molecule has 10 heteroatoms. The second-order valence-corrected chi connectivity index (χ2v) is 8.43. The van der Waals surface area contributed by atoms with Crippen LogP contribution in [-0.2, 0) is 14.4 Å². The maximum Gasteiger partial charge on any atom is 0.331 e. The summed E-state index contributed by atoms with van der Waals surface area (Å²) in [5, 5.41) is 16.4. The van der Waals surface area contributed by atoms with Crippen molar-refractivity contribution in [2.24, 2.45) is 0 Å². The fraction of sp³-hybridized carbons (Fsp3) is 0.0909. The lowest BCUT2D eigenvalue weighted by Crippen LogP contribution is -2.13. The molecule has 3 rings (SSSR count). The van der Waals surface area contributed by atoms with Crippen molar-refractivity contribution in [2.45, 2.75) is 11.8 Å². The Hall–Kier alpha value is -3.50. The molecule has 1 aromatic heterocycles. The minimum atomic E-state index is -1.16. The van der Waals surface area contributed by atoms with Gasteiger partial charge in [0, 0.05) is 33.2 Å². The van der Waals surface area contributed by atoms with Crippen molar-refractivity contribution in [3.05, 3.63) is 71.4 Å². The first-order chi connectivity index (χ1) is 15.3. The smallest absolute Gasteiger partial charge is 0.331 e. The summed E-state index contributed by atoms with van der Waals surface area (Å²) in [6, 6.07) is 12.8. The monoisotopic (exact) mass is 471 g/mol. The van der Waals surface area contributed by atoms with Crippen LogP contribution in [0.1, 0.15) is 6.92 Å². The van der Waals surface area contributed by atoms with Gasteiger partial charge in [-0.15, -0.1) is 23.1 Å². The van der Waals surface area contributed by atoms with E-state index in [1.54, 1.807) is 41.8 Å². The van der Waals surface area contributed by atoms with Crippen LogP contribution in [-0.4, -0.2) is 33.6 Å². The van der Waals surface area contributed by atoms with Gasteiger partial charge >= 0.3 is 5.97 Å². The molecular formula is C22H18FN3O4S2. The molecular weight excluding hydrogens is 453 g/mol. The number of amides is 2.